The molecule has 0 spiro atoms. The first kappa shape index (κ1) is 8.32. The Morgan fingerprint density at radius 3 is 2.92 bits per heavy atom. The SMILES string of the molecule is CC[C@@H](N)c1coc2ccccc12. The summed E-state index contributed by atoms with van der Waals surface area (Å²) in [7, 11) is 0. The van der Waals surface area contributed by atoms with Gasteiger partial charge in [0.15, 0.2) is 0 Å². The average Bonchev–Trinajstić information content (AvgIpc) is 2.60. The Morgan fingerprint density at radius 2 is 2.15 bits per heavy atom. The number of furan rings is 1. The van der Waals surface area contributed by atoms with Crippen LogP contribution in [0.1, 0.15) is 24.9 Å². The molecule has 1 heterocycles. The van der Waals surface area contributed by atoms with Crippen molar-refractivity contribution < 1.29 is 4.42 Å². The van der Waals surface area contributed by atoms with E-state index in [0.29, 0.717) is 0 Å². The van der Waals surface area contributed by atoms with Gasteiger partial charge in [-0.15, -0.1) is 0 Å². The summed E-state index contributed by atoms with van der Waals surface area (Å²) in [6.07, 6.45) is 2.70. The van der Waals surface area contributed by atoms with Crippen LogP contribution in [0, 0.1) is 0 Å². The van der Waals surface area contributed by atoms with Crippen LogP contribution in [0.2, 0.25) is 0 Å². The third kappa shape index (κ3) is 1.33. The van der Waals surface area contributed by atoms with Crippen LogP contribution in [0.4, 0.5) is 0 Å². The zero-order chi connectivity index (χ0) is 9.26. The van der Waals surface area contributed by atoms with Crippen LogP contribution in [-0.4, -0.2) is 0 Å². The second-order valence-electron chi connectivity index (χ2n) is 3.20. The minimum Gasteiger partial charge on any atom is -0.464 e. The van der Waals surface area contributed by atoms with Crippen molar-refractivity contribution in [1.29, 1.82) is 0 Å². The van der Waals surface area contributed by atoms with Crippen molar-refractivity contribution in [2.24, 2.45) is 5.73 Å². The smallest absolute Gasteiger partial charge is 0.134 e. The van der Waals surface area contributed by atoms with Gasteiger partial charge in [0.05, 0.1) is 6.26 Å². The average molecular weight is 175 g/mol. The van der Waals surface area contributed by atoms with Gasteiger partial charge in [-0.2, -0.15) is 0 Å². The molecule has 0 fully saturated rings. The summed E-state index contributed by atoms with van der Waals surface area (Å²) in [6.45, 7) is 2.08. The summed E-state index contributed by atoms with van der Waals surface area (Å²) in [5.41, 5.74) is 7.97. The van der Waals surface area contributed by atoms with Crippen molar-refractivity contribution in [3.05, 3.63) is 36.1 Å². The largest absolute Gasteiger partial charge is 0.464 e. The highest BCUT2D eigenvalue weighted by Gasteiger charge is 2.10. The maximum absolute atomic E-state index is 5.94. The molecule has 0 aliphatic carbocycles. The van der Waals surface area contributed by atoms with Crippen LogP contribution in [-0.2, 0) is 0 Å². The molecule has 1 aromatic carbocycles. The summed E-state index contributed by atoms with van der Waals surface area (Å²) in [5.74, 6) is 0. The van der Waals surface area contributed by atoms with Gasteiger partial charge < -0.3 is 10.2 Å². The summed E-state index contributed by atoms with van der Waals surface area (Å²) >= 11 is 0. The maximum Gasteiger partial charge on any atom is 0.134 e. The molecule has 0 radical (unpaired) electrons. The van der Waals surface area contributed by atoms with E-state index in [9.17, 15) is 0 Å². The summed E-state index contributed by atoms with van der Waals surface area (Å²) in [6, 6.07) is 8.06. The van der Waals surface area contributed by atoms with Gasteiger partial charge in [-0.3, -0.25) is 0 Å². The lowest BCUT2D eigenvalue weighted by molar-refractivity contribution is 0.596. The van der Waals surface area contributed by atoms with Crippen molar-refractivity contribution in [2.45, 2.75) is 19.4 Å². The highest BCUT2D eigenvalue weighted by molar-refractivity contribution is 5.81. The Labute approximate surface area is 77.3 Å². The lowest BCUT2D eigenvalue weighted by Gasteiger charge is -2.04. The van der Waals surface area contributed by atoms with Crippen molar-refractivity contribution in [3.63, 3.8) is 0 Å². The van der Waals surface area contributed by atoms with Crippen molar-refractivity contribution in [2.75, 3.05) is 0 Å². The molecule has 2 rings (SSSR count). The number of rotatable bonds is 2. The number of hydrogen-bond donors (Lipinski definition) is 1. The van der Waals surface area contributed by atoms with Gasteiger partial charge in [0, 0.05) is 17.0 Å². The molecule has 2 nitrogen and oxygen atoms in total. The Morgan fingerprint density at radius 1 is 1.38 bits per heavy atom. The number of para-hydroxylation sites is 1. The van der Waals surface area contributed by atoms with E-state index in [0.717, 1.165) is 23.0 Å². The van der Waals surface area contributed by atoms with Crippen LogP contribution < -0.4 is 5.73 Å². The van der Waals surface area contributed by atoms with E-state index in [1.165, 1.54) is 0 Å². The van der Waals surface area contributed by atoms with Gasteiger partial charge in [0.2, 0.25) is 0 Å². The molecule has 0 saturated heterocycles. The van der Waals surface area contributed by atoms with Gasteiger partial charge in [0.1, 0.15) is 5.58 Å². The van der Waals surface area contributed by atoms with E-state index in [2.05, 4.69) is 6.92 Å². The fraction of sp³-hybridized carbons (Fsp3) is 0.273. The molecule has 2 N–H and O–H groups in total. The van der Waals surface area contributed by atoms with E-state index in [1.807, 2.05) is 24.3 Å². The lowest BCUT2D eigenvalue weighted by Crippen LogP contribution is -2.07. The van der Waals surface area contributed by atoms with Crippen LogP contribution in [0.5, 0.6) is 0 Å². The Bertz CT molecular complexity index is 405. The number of nitrogens with two attached hydrogens (primary N) is 1. The van der Waals surface area contributed by atoms with E-state index >= 15 is 0 Å². The summed E-state index contributed by atoms with van der Waals surface area (Å²) < 4.78 is 5.39. The quantitative estimate of drug-likeness (QED) is 0.762. The first-order valence-electron chi connectivity index (χ1n) is 4.54. The number of fused-ring (bicyclic) bond motifs is 1. The normalized spacial score (nSPS) is 13.4. The molecule has 2 heteroatoms. The van der Waals surface area contributed by atoms with E-state index in [-0.39, 0.29) is 6.04 Å². The summed E-state index contributed by atoms with van der Waals surface area (Å²) in [4.78, 5) is 0. The highest BCUT2D eigenvalue weighted by Crippen LogP contribution is 2.26. The fourth-order valence-corrected chi connectivity index (χ4v) is 1.51. The molecule has 0 saturated carbocycles. The van der Waals surface area contributed by atoms with Crippen LogP contribution in [0.25, 0.3) is 11.0 Å². The molecule has 2 aromatic rings. The van der Waals surface area contributed by atoms with Crippen LogP contribution >= 0.6 is 0 Å². The molecular formula is C11H13NO. The number of hydrogen-bond acceptors (Lipinski definition) is 2. The molecule has 1 atom stereocenters. The Balaban J connectivity index is 2.57. The first-order valence-corrected chi connectivity index (χ1v) is 4.54. The third-order valence-corrected chi connectivity index (χ3v) is 2.35. The second-order valence-corrected chi connectivity index (χ2v) is 3.20. The van der Waals surface area contributed by atoms with E-state index < -0.39 is 0 Å². The van der Waals surface area contributed by atoms with Crippen LogP contribution in [0.15, 0.2) is 34.9 Å². The molecule has 0 aliphatic rings. The van der Waals surface area contributed by atoms with E-state index in [1.54, 1.807) is 6.26 Å². The standard InChI is InChI=1S/C11H13NO/c1-2-10(12)9-7-13-11-6-4-3-5-8(9)11/h3-7,10H,2,12H2,1H3/t10-/m1/s1. The number of benzene rings is 1. The third-order valence-electron chi connectivity index (χ3n) is 2.35. The lowest BCUT2D eigenvalue weighted by atomic mass is 10.1. The predicted octanol–water partition coefficient (Wildman–Crippen LogP) is 2.84. The monoisotopic (exact) mass is 175 g/mol. The first-order chi connectivity index (χ1) is 6.33. The van der Waals surface area contributed by atoms with Gasteiger partial charge >= 0.3 is 0 Å². The maximum atomic E-state index is 5.94. The van der Waals surface area contributed by atoms with E-state index in [4.69, 9.17) is 10.2 Å². The molecule has 0 amide bonds. The highest BCUT2D eigenvalue weighted by atomic mass is 16.3. The molecular weight excluding hydrogens is 162 g/mol. The minimum atomic E-state index is 0.0867. The van der Waals surface area contributed by atoms with Crippen molar-refractivity contribution in [3.8, 4) is 0 Å². The zero-order valence-electron chi connectivity index (χ0n) is 7.66. The van der Waals surface area contributed by atoms with Gasteiger partial charge in [-0.1, -0.05) is 25.1 Å². The van der Waals surface area contributed by atoms with Gasteiger partial charge in [-0.25, -0.2) is 0 Å². The summed E-state index contributed by atoms with van der Waals surface area (Å²) in [5, 5.41) is 1.14. The second kappa shape index (κ2) is 3.23. The Hall–Kier alpha value is -1.28. The minimum absolute atomic E-state index is 0.0867. The predicted molar refractivity (Wildman–Crippen MR) is 53.4 cm³/mol. The molecule has 0 bridgehead atoms. The van der Waals surface area contributed by atoms with Crippen molar-refractivity contribution in [1.82, 2.24) is 0 Å². The molecule has 0 aliphatic heterocycles. The Kier molecular flexibility index (Phi) is 2.07. The van der Waals surface area contributed by atoms with Gasteiger partial charge in [0.25, 0.3) is 0 Å². The molecule has 13 heavy (non-hydrogen) atoms. The molecule has 68 valence electrons. The molecule has 0 unspecified atom stereocenters. The van der Waals surface area contributed by atoms with Crippen LogP contribution in [0.3, 0.4) is 0 Å². The fourth-order valence-electron chi connectivity index (χ4n) is 1.51. The zero-order valence-corrected chi connectivity index (χ0v) is 7.66. The topological polar surface area (TPSA) is 39.2 Å². The van der Waals surface area contributed by atoms with Crippen molar-refractivity contribution >= 4 is 11.0 Å². The van der Waals surface area contributed by atoms with Gasteiger partial charge in [-0.05, 0) is 12.5 Å². The molecule has 1 aromatic heterocycles.